The molecule has 1 saturated carbocycles. The van der Waals surface area contributed by atoms with Crippen molar-refractivity contribution in [1.29, 1.82) is 0 Å². The van der Waals surface area contributed by atoms with Crippen LogP contribution in [0.3, 0.4) is 0 Å². The first-order valence-electron chi connectivity index (χ1n) is 9.39. The highest BCUT2D eigenvalue weighted by Crippen LogP contribution is 2.33. The Labute approximate surface area is 150 Å². The van der Waals surface area contributed by atoms with Crippen LogP contribution in [0.15, 0.2) is 24.3 Å². The lowest BCUT2D eigenvalue weighted by atomic mass is 9.90. The summed E-state index contributed by atoms with van der Waals surface area (Å²) in [5.74, 6) is -1.29. The van der Waals surface area contributed by atoms with Gasteiger partial charge in [-0.2, -0.15) is 0 Å². The van der Waals surface area contributed by atoms with E-state index in [1.807, 2.05) is 12.2 Å². The molecule has 1 aliphatic rings. The SMILES string of the molecule is CCCCC[C@@H](O)/C=C/[C@@H]1C(=O)C[C@H](O)[C@@H]1C/C=C\CCCC(=O)O. The van der Waals surface area contributed by atoms with E-state index in [0.29, 0.717) is 25.7 Å². The van der Waals surface area contributed by atoms with Crippen LogP contribution in [0.5, 0.6) is 0 Å². The third-order valence-electron chi connectivity index (χ3n) is 4.72. The quantitative estimate of drug-likeness (QED) is 0.370. The van der Waals surface area contributed by atoms with Gasteiger partial charge in [-0.15, -0.1) is 0 Å². The largest absolute Gasteiger partial charge is 0.481 e. The molecule has 0 aliphatic heterocycles. The van der Waals surface area contributed by atoms with Crippen LogP contribution in [-0.4, -0.2) is 39.3 Å². The van der Waals surface area contributed by atoms with Gasteiger partial charge in [0, 0.05) is 24.7 Å². The first kappa shape index (κ1) is 21.6. The van der Waals surface area contributed by atoms with E-state index in [4.69, 9.17) is 5.11 Å². The monoisotopic (exact) mass is 352 g/mol. The fourth-order valence-electron chi connectivity index (χ4n) is 3.22. The van der Waals surface area contributed by atoms with Gasteiger partial charge >= 0.3 is 5.97 Å². The molecule has 142 valence electrons. The van der Waals surface area contributed by atoms with Crippen molar-refractivity contribution >= 4 is 11.8 Å². The van der Waals surface area contributed by atoms with E-state index in [1.54, 1.807) is 12.2 Å². The van der Waals surface area contributed by atoms with Crippen molar-refractivity contribution < 1.29 is 24.9 Å². The number of carbonyl (C=O) groups excluding carboxylic acids is 1. The van der Waals surface area contributed by atoms with Crippen molar-refractivity contribution in [2.45, 2.75) is 76.9 Å². The minimum absolute atomic E-state index is 0.0220. The van der Waals surface area contributed by atoms with E-state index < -0.39 is 18.2 Å². The molecule has 0 heterocycles. The molecular formula is C20H32O5. The van der Waals surface area contributed by atoms with Gasteiger partial charge in [0.1, 0.15) is 5.78 Å². The van der Waals surface area contributed by atoms with E-state index in [0.717, 1.165) is 19.3 Å². The maximum Gasteiger partial charge on any atom is 0.303 e. The lowest BCUT2D eigenvalue weighted by Crippen LogP contribution is -2.19. The molecule has 0 radical (unpaired) electrons. The Morgan fingerprint density at radius 1 is 1.28 bits per heavy atom. The molecule has 0 aromatic rings. The van der Waals surface area contributed by atoms with E-state index in [-0.39, 0.29) is 30.5 Å². The minimum atomic E-state index is -0.798. The second-order valence-corrected chi connectivity index (χ2v) is 6.87. The molecule has 0 unspecified atom stereocenters. The van der Waals surface area contributed by atoms with Crippen molar-refractivity contribution in [1.82, 2.24) is 0 Å². The number of aliphatic hydroxyl groups is 2. The molecule has 3 N–H and O–H groups in total. The van der Waals surface area contributed by atoms with E-state index in [1.165, 1.54) is 0 Å². The first-order valence-corrected chi connectivity index (χ1v) is 9.39. The molecular weight excluding hydrogens is 320 g/mol. The summed E-state index contributed by atoms with van der Waals surface area (Å²) in [5.41, 5.74) is 0. The molecule has 1 fully saturated rings. The Kier molecular flexibility index (Phi) is 10.3. The molecule has 0 spiro atoms. The van der Waals surface area contributed by atoms with Crippen LogP contribution in [0.25, 0.3) is 0 Å². The molecule has 5 heteroatoms. The summed E-state index contributed by atoms with van der Waals surface area (Å²) >= 11 is 0. The van der Waals surface area contributed by atoms with Gasteiger partial charge in [-0.25, -0.2) is 0 Å². The number of carbonyl (C=O) groups is 2. The van der Waals surface area contributed by atoms with Gasteiger partial charge in [0.2, 0.25) is 0 Å². The molecule has 1 rings (SSSR count). The lowest BCUT2D eigenvalue weighted by molar-refractivity contribution is -0.137. The standard InChI is InChI=1S/C20H32O5/c1-2-3-6-9-15(21)12-13-17-16(18(22)14-19(17)23)10-7-4-5-8-11-20(24)25/h4,7,12-13,15-18,21-22H,2-3,5-6,8-11,14H2,1H3,(H,24,25)/b7-4-,13-12+/t15-,16-,17+,18+/m1/s1. The van der Waals surface area contributed by atoms with Gasteiger partial charge in [-0.3, -0.25) is 9.59 Å². The molecule has 0 aromatic carbocycles. The van der Waals surface area contributed by atoms with E-state index in [2.05, 4.69) is 6.92 Å². The van der Waals surface area contributed by atoms with Gasteiger partial charge in [0.25, 0.3) is 0 Å². The summed E-state index contributed by atoms with van der Waals surface area (Å²) in [6.45, 7) is 2.11. The second-order valence-electron chi connectivity index (χ2n) is 6.87. The third-order valence-corrected chi connectivity index (χ3v) is 4.72. The number of ketones is 1. The number of carboxylic acid groups (broad SMARTS) is 1. The van der Waals surface area contributed by atoms with Gasteiger partial charge < -0.3 is 15.3 Å². The van der Waals surface area contributed by atoms with Crippen molar-refractivity contribution in [3.63, 3.8) is 0 Å². The number of aliphatic hydroxyl groups excluding tert-OH is 2. The highest BCUT2D eigenvalue weighted by molar-refractivity contribution is 5.86. The van der Waals surface area contributed by atoms with Crippen LogP contribution in [0.4, 0.5) is 0 Å². The smallest absolute Gasteiger partial charge is 0.303 e. The zero-order valence-corrected chi connectivity index (χ0v) is 15.1. The maximum absolute atomic E-state index is 12.1. The van der Waals surface area contributed by atoms with Crippen LogP contribution >= 0.6 is 0 Å². The van der Waals surface area contributed by atoms with Gasteiger partial charge in [0.05, 0.1) is 12.2 Å². The molecule has 4 atom stereocenters. The molecule has 0 bridgehead atoms. The fraction of sp³-hybridized carbons (Fsp3) is 0.700. The highest BCUT2D eigenvalue weighted by Gasteiger charge is 2.39. The molecule has 25 heavy (non-hydrogen) atoms. The summed E-state index contributed by atoms with van der Waals surface area (Å²) in [4.78, 5) is 22.5. The van der Waals surface area contributed by atoms with Crippen LogP contribution in [0, 0.1) is 11.8 Å². The Balaban J connectivity index is 2.48. The number of hydrogen-bond donors (Lipinski definition) is 3. The average molecular weight is 352 g/mol. The number of rotatable bonds is 12. The average Bonchev–Trinajstić information content (AvgIpc) is 2.82. The first-order chi connectivity index (χ1) is 12.0. The zero-order chi connectivity index (χ0) is 18.7. The number of unbranched alkanes of at least 4 members (excludes halogenated alkanes) is 3. The van der Waals surface area contributed by atoms with Crippen molar-refractivity contribution in [2.75, 3.05) is 0 Å². The molecule has 0 saturated heterocycles. The second kappa shape index (κ2) is 12.0. The molecule has 0 aromatic heterocycles. The van der Waals surface area contributed by atoms with Gasteiger partial charge in [-0.1, -0.05) is 50.5 Å². The van der Waals surface area contributed by atoms with Crippen LogP contribution in [-0.2, 0) is 9.59 Å². The number of hydrogen-bond acceptors (Lipinski definition) is 4. The summed E-state index contributed by atoms with van der Waals surface area (Å²) in [6, 6.07) is 0. The topological polar surface area (TPSA) is 94.8 Å². The maximum atomic E-state index is 12.1. The predicted molar refractivity (Wildman–Crippen MR) is 97.1 cm³/mol. The van der Waals surface area contributed by atoms with E-state index in [9.17, 15) is 19.8 Å². The number of Topliss-reactive ketones (excluding diaryl/α,β-unsaturated/α-hetero) is 1. The Bertz CT molecular complexity index is 469. The third kappa shape index (κ3) is 8.45. The fourth-order valence-corrected chi connectivity index (χ4v) is 3.22. The molecule has 5 nitrogen and oxygen atoms in total. The number of carboxylic acids is 1. The Morgan fingerprint density at radius 2 is 2.04 bits per heavy atom. The predicted octanol–water partition coefficient (Wildman–Crippen LogP) is 3.25. The van der Waals surface area contributed by atoms with Gasteiger partial charge in [-0.05, 0) is 25.7 Å². The van der Waals surface area contributed by atoms with Crippen molar-refractivity contribution in [3.05, 3.63) is 24.3 Å². The zero-order valence-electron chi connectivity index (χ0n) is 15.1. The van der Waals surface area contributed by atoms with Crippen LogP contribution in [0.2, 0.25) is 0 Å². The van der Waals surface area contributed by atoms with Crippen molar-refractivity contribution in [2.24, 2.45) is 11.8 Å². The Hall–Kier alpha value is -1.46. The van der Waals surface area contributed by atoms with Crippen molar-refractivity contribution in [3.8, 4) is 0 Å². The summed E-state index contributed by atoms with van der Waals surface area (Å²) in [6.07, 6.45) is 12.1. The number of allylic oxidation sites excluding steroid dienone is 3. The summed E-state index contributed by atoms with van der Waals surface area (Å²) in [7, 11) is 0. The minimum Gasteiger partial charge on any atom is -0.481 e. The van der Waals surface area contributed by atoms with Crippen LogP contribution in [0.1, 0.15) is 64.7 Å². The summed E-state index contributed by atoms with van der Waals surface area (Å²) < 4.78 is 0. The van der Waals surface area contributed by atoms with Crippen LogP contribution < -0.4 is 0 Å². The number of aliphatic carboxylic acids is 1. The normalized spacial score (nSPS) is 25.2. The molecule has 1 aliphatic carbocycles. The van der Waals surface area contributed by atoms with E-state index >= 15 is 0 Å². The molecule has 0 amide bonds. The lowest BCUT2D eigenvalue weighted by Gasteiger charge is -2.17. The summed E-state index contributed by atoms with van der Waals surface area (Å²) in [5, 5.41) is 28.7. The van der Waals surface area contributed by atoms with Gasteiger partial charge in [0.15, 0.2) is 0 Å². The highest BCUT2D eigenvalue weighted by atomic mass is 16.4. The Morgan fingerprint density at radius 3 is 2.72 bits per heavy atom.